The maximum absolute atomic E-state index is 11.8. The predicted molar refractivity (Wildman–Crippen MR) is 60.8 cm³/mol. The Labute approximate surface area is 92.4 Å². The van der Waals surface area contributed by atoms with Crippen LogP contribution in [0.5, 0.6) is 0 Å². The number of nitrogens with zero attached hydrogens (tertiary/aromatic N) is 1. The third-order valence-electron chi connectivity index (χ3n) is 2.73. The molecule has 0 aromatic carbocycles. The van der Waals surface area contributed by atoms with Crippen molar-refractivity contribution < 1.29 is 8.42 Å². The van der Waals surface area contributed by atoms with Crippen molar-refractivity contribution in [2.45, 2.75) is 20.3 Å². The van der Waals surface area contributed by atoms with Gasteiger partial charge in [-0.15, -0.1) is 0 Å². The number of nitrogens with one attached hydrogen (secondary N) is 2. The Hall–Kier alpha value is -0.170. The average Bonchev–Trinajstić information content (AvgIpc) is 2.27. The Bertz CT molecular complexity index is 273. The van der Waals surface area contributed by atoms with Crippen LogP contribution in [0.1, 0.15) is 20.3 Å². The van der Waals surface area contributed by atoms with E-state index in [1.807, 2.05) is 6.92 Å². The van der Waals surface area contributed by atoms with Crippen LogP contribution in [0.15, 0.2) is 0 Å². The fraction of sp³-hybridized carbons (Fsp3) is 1.00. The van der Waals surface area contributed by atoms with Crippen molar-refractivity contribution in [1.82, 2.24) is 14.3 Å². The van der Waals surface area contributed by atoms with Gasteiger partial charge in [0.1, 0.15) is 0 Å². The number of hydrogen-bond donors (Lipinski definition) is 2. The molecule has 0 aliphatic carbocycles. The summed E-state index contributed by atoms with van der Waals surface area (Å²) in [5, 5.41) is 3.13. The van der Waals surface area contributed by atoms with Gasteiger partial charge in [-0.05, 0) is 5.92 Å². The third-order valence-corrected chi connectivity index (χ3v) is 4.30. The van der Waals surface area contributed by atoms with Gasteiger partial charge in [0.25, 0.3) is 10.2 Å². The van der Waals surface area contributed by atoms with E-state index in [1.54, 1.807) is 0 Å². The summed E-state index contributed by atoms with van der Waals surface area (Å²) in [4.78, 5) is 0. The molecule has 0 aromatic heterocycles. The molecule has 0 spiro atoms. The molecule has 0 amide bonds. The van der Waals surface area contributed by atoms with Gasteiger partial charge in [0.05, 0.1) is 0 Å². The van der Waals surface area contributed by atoms with Gasteiger partial charge < -0.3 is 5.32 Å². The number of rotatable bonds is 5. The largest absolute Gasteiger partial charge is 0.314 e. The lowest BCUT2D eigenvalue weighted by Crippen LogP contribution is -2.51. The minimum atomic E-state index is -3.25. The molecule has 0 radical (unpaired) electrons. The molecule has 1 saturated heterocycles. The molecule has 0 aromatic rings. The SMILES string of the molecule is CCC(C)CNS(=O)(=O)N1CCNCC1. The number of piperazine rings is 1. The molecule has 1 atom stereocenters. The summed E-state index contributed by atoms with van der Waals surface area (Å²) in [6.45, 7) is 7.24. The topological polar surface area (TPSA) is 61.4 Å². The second-order valence-corrected chi connectivity index (χ2v) is 5.77. The molecular formula is C9H21N3O2S. The van der Waals surface area contributed by atoms with E-state index >= 15 is 0 Å². The van der Waals surface area contributed by atoms with Crippen LogP contribution in [0.4, 0.5) is 0 Å². The summed E-state index contributed by atoms with van der Waals surface area (Å²) in [7, 11) is -3.25. The molecule has 0 saturated carbocycles. The second kappa shape index (κ2) is 5.79. The van der Waals surface area contributed by atoms with Crippen LogP contribution in [0, 0.1) is 5.92 Å². The van der Waals surface area contributed by atoms with Gasteiger partial charge in [0.2, 0.25) is 0 Å². The van der Waals surface area contributed by atoms with E-state index in [0.29, 0.717) is 25.6 Å². The Morgan fingerprint density at radius 1 is 1.40 bits per heavy atom. The van der Waals surface area contributed by atoms with E-state index in [4.69, 9.17) is 0 Å². The smallest absolute Gasteiger partial charge is 0.279 e. The highest BCUT2D eigenvalue weighted by Crippen LogP contribution is 2.03. The van der Waals surface area contributed by atoms with Crippen LogP contribution in [-0.2, 0) is 10.2 Å². The molecule has 6 heteroatoms. The lowest BCUT2D eigenvalue weighted by Gasteiger charge is -2.27. The maximum atomic E-state index is 11.8. The molecule has 5 nitrogen and oxygen atoms in total. The van der Waals surface area contributed by atoms with Crippen LogP contribution in [0.25, 0.3) is 0 Å². The van der Waals surface area contributed by atoms with Gasteiger partial charge in [-0.2, -0.15) is 12.7 Å². The van der Waals surface area contributed by atoms with Crippen LogP contribution in [0.3, 0.4) is 0 Å². The van der Waals surface area contributed by atoms with Crippen molar-refractivity contribution >= 4 is 10.2 Å². The molecule has 1 aliphatic heterocycles. The van der Waals surface area contributed by atoms with Gasteiger partial charge in [0.15, 0.2) is 0 Å². The van der Waals surface area contributed by atoms with Gasteiger partial charge in [-0.3, -0.25) is 0 Å². The van der Waals surface area contributed by atoms with Crippen molar-refractivity contribution in [3.63, 3.8) is 0 Å². The van der Waals surface area contributed by atoms with E-state index < -0.39 is 10.2 Å². The van der Waals surface area contributed by atoms with E-state index in [1.165, 1.54) is 4.31 Å². The lowest BCUT2D eigenvalue weighted by atomic mass is 10.1. The molecule has 0 bridgehead atoms. The highest BCUT2D eigenvalue weighted by Gasteiger charge is 2.23. The van der Waals surface area contributed by atoms with Crippen LogP contribution < -0.4 is 10.0 Å². The molecule has 2 N–H and O–H groups in total. The van der Waals surface area contributed by atoms with Crippen molar-refractivity contribution in [3.8, 4) is 0 Å². The van der Waals surface area contributed by atoms with Crippen LogP contribution in [-0.4, -0.2) is 45.4 Å². The first-order valence-corrected chi connectivity index (χ1v) is 6.95. The normalized spacial score (nSPS) is 21.5. The summed E-state index contributed by atoms with van der Waals surface area (Å²) >= 11 is 0. The van der Waals surface area contributed by atoms with Crippen molar-refractivity contribution in [2.24, 2.45) is 5.92 Å². The summed E-state index contributed by atoms with van der Waals surface area (Å²) < 4.78 is 27.7. The zero-order valence-electron chi connectivity index (χ0n) is 9.49. The Kier molecular flexibility index (Phi) is 4.98. The fourth-order valence-electron chi connectivity index (χ4n) is 1.37. The van der Waals surface area contributed by atoms with Crippen molar-refractivity contribution in [1.29, 1.82) is 0 Å². The van der Waals surface area contributed by atoms with Crippen molar-refractivity contribution in [3.05, 3.63) is 0 Å². The van der Waals surface area contributed by atoms with Crippen LogP contribution in [0.2, 0.25) is 0 Å². The minimum absolute atomic E-state index is 0.391. The standard InChI is InChI=1S/C9H21N3O2S/c1-3-9(2)8-11-15(13,14)12-6-4-10-5-7-12/h9-11H,3-8H2,1-2H3. The first-order valence-electron chi connectivity index (χ1n) is 5.51. The van der Waals surface area contributed by atoms with Crippen LogP contribution >= 0.6 is 0 Å². The summed E-state index contributed by atoms with van der Waals surface area (Å²) in [6.07, 6.45) is 0.990. The quantitative estimate of drug-likeness (QED) is 0.692. The Morgan fingerprint density at radius 2 is 2.00 bits per heavy atom. The first-order chi connectivity index (χ1) is 7.06. The van der Waals surface area contributed by atoms with E-state index in [-0.39, 0.29) is 0 Å². The van der Waals surface area contributed by atoms with Gasteiger partial charge in [-0.25, -0.2) is 4.72 Å². The summed E-state index contributed by atoms with van der Waals surface area (Å²) in [5.74, 6) is 0.391. The molecule has 1 aliphatic rings. The second-order valence-electron chi connectivity index (χ2n) is 4.02. The molecule has 1 fully saturated rings. The summed E-state index contributed by atoms with van der Waals surface area (Å²) in [6, 6.07) is 0. The molecule has 1 heterocycles. The first kappa shape index (κ1) is 12.9. The zero-order valence-corrected chi connectivity index (χ0v) is 10.3. The fourth-order valence-corrected chi connectivity index (χ4v) is 2.71. The van der Waals surface area contributed by atoms with Gasteiger partial charge in [-0.1, -0.05) is 20.3 Å². The summed E-state index contributed by atoms with van der Waals surface area (Å²) in [5.41, 5.74) is 0. The number of hydrogen-bond acceptors (Lipinski definition) is 3. The molecular weight excluding hydrogens is 214 g/mol. The molecule has 90 valence electrons. The molecule has 15 heavy (non-hydrogen) atoms. The van der Waals surface area contributed by atoms with E-state index in [9.17, 15) is 8.42 Å². The zero-order chi connectivity index (χ0) is 11.3. The predicted octanol–water partition coefficient (Wildman–Crippen LogP) is -0.228. The Balaban J connectivity index is 2.43. The van der Waals surface area contributed by atoms with Gasteiger partial charge >= 0.3 is 0 Å². The van der Waals surface area contributed by atoms with Gasteiger partial charge in [0, 0.05) is 32.7 Å². The average molecular weight is 235 g/mol. The lowest BCUT2D eigenvalue weighted by molar-refractivity contribution is 0.352. The maximum Gasteiger partial charge on any atom is 0.279 e. The molecule has 1 unspecified atom stereocenters. The van der Waals surface area contributed by atoms with E-state index in [0.717, 1.165) is 19.5 Å². The van der Waals surface area contributed by atoms with E-state index in [2.05, 4.69) is 17.0 Å². The third kappa shape index (κ3) is 4.06. The Morgan fingerprint density at radius 3 is 2.53 bits per heavy atom. The monoisotopic (exact) mass is 235 g/mol. The highest BCUT2D eigenvalue weighted by molar-refractivity contribution is 7.87. The van der Waals surface area contributed by atoms with Crippen molar-refractivity contribution in [2.75, 3.05) is 32.7 Å². The highest BCUT2D eigenvalue weighted by atomic mass is 32.2. The molecule has 1 rings (SSSR count). The minimum Gasteiger partial charge on any atom is -0.314 e.